The van der Waals surface area contributed by atoms with Crippen molar-refractivity contribution in [2.45, 2.75) is 26.8 Å². The van der Waals surface area contributed by atoms with Crippen LogP contribution < -0.4 is 9.88 Å². The first-order chi connectivity index (χ1) is 8.15. The standard InChI is InChI=1S/C13H20N2O2/c1-11-6-4-8-15(12(11)2)10-13(16)14-7-5-9-17-3/h4,6,8H,5,7,9-10H2,1-3H3/p+1. The van der Waals surface area contributed by atoms with E-state index in [1.807, 2.05) is 36.7 Å². The monoisotopic (exact) mass is 237 g/mol. The molecule has 0 saturated carbocycles. The zero-order valence-electron chi connectivity index (χ0n) is 10.8. The van der Waals surface area contributed by atoms with Gasteiger partial charge in [0.25, 0.3) is 5.91 Å². The van der Waals surface area contributed by atoms with E-state index in [1.165, 1.54) is 5.56 Å². The summed E-state index contributed by atoms with van der Waals surface area (Å²) in [6, 6.07) is 4.00. The van der Waals surface area contributed by atoms with Crippen molar-refractivity contribution >= 4 is 5.91 Å². The average molecular weight is 237 g/mol. The van der Waals surface area contributed by atoms with Crippen LogP contribution in [-0.2, 0) is 16.1 Å². The normalized spacial score (nSPS) is 10.3. The van der Waals surface area contributed by atoms with Crippen molar-refractivity contribution in [3.63, 3.8) is 0 Å². The molecular formula is C13H21N2O2+. The Morgan fingerprint density at radius 2 is 2.24 bits per heavy atom. The van der Waals surface area contributed by atoms with Gasteiger partial charge in [0.15, 0.2) is 11.9 Å². The van der Waals surface area contributed by atoms with Gasteiger partial charge in [0.05, 0.1) is 0 Å². The summed E-state index contributed by atoms with van der Waals surface area (Å²) in [5, 5.41) is 2.87. The molecule has 1 aromatic heterocycles. The van der Waals surface area contributed by atoms with E-state index in [9.17, 15) is 4.79 Å². The van der Waals surface area contributed by atoms with Gasteiger partial charge in [-0.3, -0.25) is 4.79 Å². The van der Waals surface area contributed by atoms with Crippen LogP contribution in [0.15, 0.2) is 18.3 Å². The number of ether oxygens (including phenoxy) is 1. The number of nitrogens with one attached hydrogen (secondary N) is 1. The highest BCUT2D eigenvalue weighted by Crippen LogP contribution is 1.98. The molecule has 0 atom stereocenters. The molecule has 1 amide bonds. The molecule has 0 aliphatic heterocycles. The summed E-state index contributed by atoms with van der Waals surface area (Å²) in [5.74, 6) is 0.0415. The van der Waals surface area contributed by atoms with Crippen LogP contribution in [-0.4, -0.2) is 26.2 Å². The van der Waals surface area contributed by atoms with Gasteiger partial charge < -0.3 is 10.1 Å². The van der Waals surface area contributed by atoms with Crippen LogP contribution in [0.5, 0.6) is 0 Å². The number of amides is 1. The minimum absolute atomic E-state index is 0.0415. The smallest absolute Gasteiger partial charge is 0.286 e. The van der Waals surface area contributed by atoms with E-state index in [0.29, 0.717) is 19.7 Å². The topological polar surface area (TPSA) is 42.2 Å². The van der Waals surface area contributed by atoms with Crippen LogP contribution in [0.3, 0.4) is 0 Å². The van der Waals surface area contributed by atoms with E-state index >= 15 is 0 Å². The van der Waals surface area contributed by atoms with Crippen molar-refractivity contribution in [3.05, 3.63) is 29.6 Å². The average Bonchev–Trinajstić information content (AvgIpc) is 2.31. The van der Waals surface area contributed by atoms with E-state index in [-0.39, 0.29) is 5.91 Å². The summed E-state index contributed by atoms with van der Waals surface area (Å²) in [6.07, 6.45) is 2.77. The predicted octanol–water partition coefficient (Wildman–Crippen LogP) is 0.744. The number of carbonyl (C=O) groups is 1. The molecule has 0 radical (unpaired) electrons. The lowest BCUT2D eigenvalue weighted by Gasteiger charge is -2.04. The van der Waals surface area contributed by atoms with E-state index < -0.39 is 0 Å². The van der Waals surface area contributed by atoms with Crippen LogP contribution in [0.1, 0.15) is 17.7 Å². The minimum Gasteiger partial charge on any atom is -0.385 e. The Labute approximate surface area is 103 Å². The summed E-state index contributed by atoms with van der Waals surface area (Å²) < 4.78 is 6.88. The maximum absolute atomic E-state index is 11.7. The first kappa shape index (κ1) is 13.6. The molecule has 0 unspecified atom stereocenters. The van der Waals surface area contributed by atoms with Crippen LogP contribution in [0.2, 0.25) is 0 Å². The highest BCUT2D eigenvalue weighted by atomic mass is 16.5. The fourth-order valence-electron chi connectivity index (χ4n) is 1.58. The third kappa shape index (κ3) is 4.53. The molecule has 0 aromatic carbocycles. The molecule has 0 bridgehead atoms. The summed E-state index contributed by atoms with van der Waals surface area (Å²) in [4.78, 5) is 11.7. The fraction of sp³-hybridized carbons (Fsp3) is 0.538. The van der Waals surface area contributed by atoms with Gasteiger partial charge in [-0.1, -0.05) is 0 Å². The second kappa shape index (κ2) is 7.01. The van der Waals surface area contributed by atoms with Crippen LogP contribution in [0.25, 0.3) is 0 Å². The minimum atomic E-state index is 0.0415. The number of pyridine rings is 1. The first-order valence-electron chi connectivity index (χ1n) is 5.86. The van der Waals surface area contributed by atoms with Gasteiger partial charge in [0.1, 0.15) is 0 Å². The molecule has 1 N–H and O–H groups in total. The Morgan fingerprint density at radius 1 is 1.47 bits per heavy atom. The summed E-state index contributed by atoms with van der Waals surface area (Å²) in [6.45, 7) is 5.78. The molecule has 0 aliphatic carbocycles. The second-order valence-corrected chi connectivity index (χ2v) is 4.10. The second-order valence-electron chi connectivity index (χ2n) is 4.10. The molecule has 4 nitrogen and oxygen atoms in total. The lowest BCUT2D eigenvalue weighted by atomic mass is 10.2. The molecule has 0 spiro atoms. The van der Waals surface area contributed by atoms with Gasteiger partial charge in [0, 0.05) is 38.8 Å². The number of hydrogen-bond donors (Lipinski definition) is 1. The number of methoxy groups -OCH3 is 1. The van der Waals surface area contributed by atoms with Crippen molar-refractivity contribution in [1.82, 2.24) is 5.32 Å². The predicted molar refractivity (Wildman–Crippen MR) is 65.6 cm³/mol. The van der Waals surface area contributed by atoms with Crippen molar-refractivity contribution in [2.24, 2.45) is 0 Å². The van der Waals surface area contributed by atoms with Gasteiger partial charge in [-0.15, -0.1) is 0 Å². The molecule has 1 aromatic rings. The zero-order valence-corrected chi connectivity index (χ0v) is 10.8. The third-order valence-electron chi connectivity index (χ3n) is 2.78. The quantitative estimate of drug-likeness (QED) is 0.586. The number of rotatable bonds is 6. The van der Waals surface area contributed by atoms with Gasteiger partial charge in [0.2, 0.25) is 6.54 Å². The van der Waals surface area contributed by atoms with Crippen molar-refractivity contribution in [3.8, 4) is 0 Å². The SMILES string of the molecule is COCCCNC(=O)C[n+]1cccc(C)c1C. The third-order valence-corrected chi connectivity index (χ3v) is 2.78. The highest BCUT2D eigenvalue weighted by molar-refractivity contribution is 5.74. The zero-order chi connectivity index (χ0) is 12.7. The van der Waals surface area contributed by atoms with Gasteiger partial charge in [-0.25, -0.2) is 0 Å². The van der Waals surface area contributed by atoms with Crippen molar-refractivity contribution in [2.75, 3.05) is 20.3 Å². The van der Waals surface area contributed by atoms with Crippen molar-refractivity contribution in [1.29, 1.82) is 0 Å². The summed E-state index contributed by atoms with van der Waals surface area (Å²) >= 11 is 0. The maximum atomic E-state index is 11.7. The molecule has 0 fully saturated rings. The van der Waals surface area contributed by atoms with E-state index in [2.05, 4.69) is 5.32 Å². The molecule has 1 rings (SSSR count). The van der Waals surface area contributed by atoms with Gasteiger partial charge in [-0.2, -0.15) is 4.57 Å². The fourth-order valence-corrected chi connectivity index (χ4v) is 1.58. The largest absolute Gasteiger partial charge is 0.385 e. The molecule has 17 heavy (non-hydrogen) atoms. The number of carbonyl (C=O) groups excluding carboxylic acids is 1. The van der Waals surface area contributed by atoms with Crippen LogP contribution >= 0.6 is 0 Å². The number of aryl methyl sites for hydroxylation is 1. The van der Waals surface area contributed by atoms with Crippen molar-refractivity contribution < 1.29 is 14.1 Å². The Kier molecular flexibility index (Phi) is 5.63. The van der Waals surface area contributed by atoms with Gasteiger partial charge >= 0.3 is 0 Å². The van der Waals surface area contributed by atoms with Crippen LogP contribution in [0, 0.1) is 13.8 Å². The molecule has 4 heteroatoms. The molecule has 0 saturated heterocycles. The first-order valence-corrected chi connectivity index (χ1v) is 5.86. The summed E-state index contributed by atoms with van der Waals surface area (Å²) in [5.41, 5.74) is 2.32. The number of aromatic nitrogens is 1. The molecular weight excluding hydrogens is 216 g/mol. The Morgan fingerprint density at radius 3 is 2.94 bits per heavy atom. The molecule has 0 aliphatic rings. The Bertz CT molecular complexity index is 378. The molecule has 94 valence electrons. The van der Waals surface area contributed by atoms with E-state index in [4.69, 9.17) is 4.74 Å². The Hall–Kier alpha value is -1.42. The molecule has 1 heterocycles. The van der Waals surface area contributed by atoms with Crippen LogP contribution in [0.4, 0.5) is 0 Å². The lowest BCUT2D eigenvalue weighted by Crippen LogP contribution is -2.45. The maximum Gasteiger partial charge on any atom is 0.286 e. The van der Waals surface area contributed by atoms with Gasteiger partial charge in [-0.05, 0) is 19.4 Å². The lowest BCUT2D eigenvalue weighted by molar-refractivity contribution is -0.690. The van der Waals surface area contributed by atoms with E-state index in [1.54, 1.807) is 7.11 Å². The summed E-state index contributed by atoms with van der Waals surface area (Å²) in [7, 11) is 1.66. The Balaban J connectivity index is 2.43. The van der Waals surface area contributed by atoms with E-state index in [0.717, 1.165) is 12.1 Å². The number of nitrogens with zero attached hydrogens (tertiary/aromatic N) is 1. The highest BCUT2D eigenvalue weighted by Gasteiger charge is 2.12. The number of hydrogen-bond acceptors (Lipinski definition) is 2.